The Morgan fingerprint density at radius 3 is 2.63 bits per heavy atom. The highest BCUT2D eigenvalue weighted by molar-refractivity contribution is 9.10. The third-order valence-electron chi connectivity index (χ3n) is 4.89. The van der Waals surface area contributed by atoms with Crippen LogP contribution in [0.3, 0.4) is 0 Å². The molecular weight excluding hydrogens is 455 g/mol. The molecular formula is C22H18BrFN2O4. The minimum Gasteiger partial charge on any atom is -0.497 e. The second-order valence-corrected chi connectivity index (χ2v) is 7.39. The summed E-state index contributed by atoms with van der Waals surface area (Å²) in [5, 5.41) is 5.81. The Labute approximate surface area is 181 Å². The van der Waals surface area contributed by atoms with Crippen molar-refractivity contribution in [2.24, 2.45) is 5.10 Å². The number of methoxy groups -OCH3 is 2. The Balaban J connectivity index is 1.78. The van der Waals surface area contributed by atoms with Crippen molar-refractivity contribution in [3.05, 3.63) is 82.0 Å². The van der Waals surface area contributed by atoms with Crippen LogP contribution in [-0.4, -0.2) is 30.8 Å². The molecule has 1 atom stereocenters. The monoisotopic (exact) mass is 472 g/mol. The lowest BCUT2D eigenvalue weighted by atomic mass is 9.97. The molecule has 0 unspecified atom stereocenters. The number of rotatable bonds is 5. The lowest BCUT2D eigenvalue weighted by Gasteiger charge is -2.21. The van der Waals surface area contributed by atoms with Gasteiger partial charge in [-0.15, -0.1) is 0 Å². The summed E-state index contributed by atoms with van der Waals surface area (Å²) in [6, 6.07) is 14.3. The van der Waals surface area contributed by atoms with Gasteiger partial charge in [-0.1, -0.05) is 18.2 Å². The molecule has 4 rings (SSSR count). The standard InChI is InChI=1S/C22H18BrFN2O4/c1-28-13-7-8-15(20(11-13)29-2)17-12-18(14-5-3-4-6-16(14)24)26(25-17)22(27)19-9-10-21(23)30-19/h3-11,18H,12H2,1-2H3/t18-/m0/s1. The average molecular weight is 473 g/mol. The summed E-state index contributed by atoms with van der Waals surface area (Å²) in [5.74, 6) is 0.425. The van der Waals surface area contributed by atoms with Crippen LogP contribution in [0.25, 0.3) is 0 Å². The van der Waals surface area contributed by atoms with Crippen LogP contribution in [0.5, 0.6) is 11.5 Å². The Kier molecular flexibility index (Phi) is 5.59. The van der Waals surface area contributed by atoms with Gasteiger partial charge in [0.05, 0.1) is 26.0 Å². The van der Waals surface area contributed by atoms with E-state index >= 15 is 0 Å². The molecule has 8 heteroatoms. The Morgan fingerprint density at radius 2 is 1.97 bits per heavy atom. The summed E-state index contributed by atoms with van der Waals surface area (Å²) in [7, 11) is 3.11. The van der Waals surface area contributed by atoms with Gasteiger partial charge in [0, 0.05) is 23.6 Å². The molecule has 1 amide bonds. The first-order chi connectivity index (χ1) is 14.5. The van der Waals surface area contributed by atoms with Crippen molar-refractivity contribution < 1.29 is 23.1 Å². The molecule has 0 N–H and O–H groups in total. The minimum atomic E-state index is -0.621. The summed E-state index contributed by atoms with van der Waals surface area (Å²) >= 11 is 3.20. The first kappa shape index (κ1) is 20.2. The van der Waals surface area contributed by atoms with Crippen molar-refractivity contribution in [1.82, 2.24) is 5.01 Å². The van der Waals surface area contributed by atoms with Crippen molar-refractivity contribution in [3.8, 4) is 11.5 Å². The van der Waals surface area contributed by atoms with E-state index in [1.54, 1.807) is 56.7 Å². The van der Waals surface area contributed by atoms with Crippen LogP contribution in [0.15, 0.2) is 68.8 Å². The number of furan rings is 1. The lowest BCUT2D eigenvalue weighted by molar-refractivity contribution is 0.0674. The van der Waals surface area contributed by atoms with Gasteiger partial charge in [-0.2, -0.15) is 5.10 Å². The van der Waals surface area contributed by atoms with Crippen molar-refractivity contribution in [3.63, 3.8) is 0 Å². The molecule has 1 aliphatic heterocycles. The molecule has 3 aromatic rings. The number of ether oxygens (including phenoxy) is 2. The Hall–Kier alpha value is -3.13. The molecule has 0 aliphatic carbocycles. The van der Waals surface area contributed by atoms with E-state index in [1.165, 1.54) is 11.1 Å². The van der Waals surface area contributed by atoms with Crippen molar-refractivity contribution in [2.45, 2.75) is 12.5 Å². The minimum absolute atomic E-state index is 0.106. The van der Waals surface area contributed by atoms with E-state index in [9.17, 15) is 9.18 Å². The van der Waals surface area contributed by atoms with E-state index < -0.39 is 17.8 Å². The molecule has 0 fully saturated rings. The fraction of sp³-hybridized carbons (Fsp3) is 0.182. The normalized spacial score (nSPS) is 15.8. The van der Waals surface area contributed by atoms with Gasteiger partial charge < -0.3 is 13.9 Å². The number of amides is 1. The molecule has 2 aromatic carbocycles. The molecule has 0 spiro atoms. The predicted molar refractivity (Wildman–Crippen MR) is 112 cm³/mol. The van der Waals surface area contributed by atoms with Crippen LogP contribution < -0.4 is 9.47 Å². The van der Waals surface area contributed by atoms with Crippen LogP contribution in [0, 0.1) is 5.82 Å². The molecule has 2 heterocycles. The van der Waals surface area contributed by atoms with Crippen LogP contribution >= 0.6 is 15.9 Å². The zero-order valence-corrected chi connectivity index (χ0v) is 17.8. The van der Waals surface area contributed by atoms with E-state index in [1.807, 2.05) is 6.07 Å². The largest absolute Gasteiger partial charge is 0.497 e. The number of benzene rings is 2. The molecule has 154 valence electrons. The molecule has 30 heavy (non-hydrogen) atoms. The molecule has 0 saturated carbocycles. The maximum Gasteiger partial charge on any atom is 0.310 e. The van der Waals surface area contributed by atoms with Crippen LogP contribution in [0.4, 0.5) is 4.39 Å². The number of halogens is 2. The highest BCUT2D eigenvalue weighted by Gasteiger charge is 2.37. The van der Waals surface area contributed by atoms with Crippen LogP contribution in [0.1, 0.15) is 34.1 Å². The fourth-order valence-corrected chi connectivity index (χ4v) is 3.73. The number of nitrogens with zero attached hydrogens (tertiary/aromatic N) is 2. The first-order valence-corrected chi connectivity index (χ1v) is 9.94. The lowest BCUT2D eigenvalue weighted by Crippen LogP contribution is -2.27. The highest BCUT2D eigenvalue weighted by atomic mass is 79.9. The predicted octanol–water partition coefficient (Wildman–Crippen LogP) is 5.19. The van der Waals surface area contributed by atoms with E-state index in [0.29, 0.717) is 39.4 Å². The third kappa shape index (κ3) is 3.70. The van der Waals surface area contributed by atoms with Crippen molar-refractivity contribution in [1.29, 1.82) is 0 Å². The highest BCUT2D eigenvalue weighted by Crippen LogP contribution is 2.38. The third-order valence-corrected chi connectivity index (χ3v) is 5.31. The second kappa shape index (κ2) is 8.31. The van der Waals surface area contributed by atoms with Crippen LogP contribution in [0.2, 0.25) is 0 Å². The number of carbonyl (C=O) groups is 1. The van der Waals surface area contributed by atoms with E-state index in [0.717, 1.165) is 0 Å². The van der Waals surface area contributed by atoms with Gasteiger partial charge in [-0.25, -0.2) is 9.40 Å². The van der Waals surface area contributed by atoms with E-state index in [2.05, 4.69) is 21.0 Å². The molecule has 0 radical (unpaired) electrons. The van der Waals surface area contributed by atoms with E-state index in [-0.39, 0.29) is 5.76 Å². The summed E-state index contributed by atoms with van der Waals surface area (Å²) in [6.07, 6.45) is 0.317. The van der Waals surface area contributed by atoms with Gasteiger partial charge in [0.25, 0.3) is 0 Å². The molecule has 1 aromatic heterocycles. The second-order valence-electron chi connectivity index (χ2n) is 6.61. The molecule has 6 nitrogen and oxygen atoms in total. The maximum absolute atomic E-state index is 14.6. The SMILES string of the molecule is COc1ccc(C2=NN(C(=O)c3ccc(Br)o3)[C@H](c3ccccc3F)C2)c(OC)c1. The maximum atomic E-state index is 14.6. The first-order valence-electron chi connectivity index (χ1n) is 9.15. The smallest absolute Gasteiger partial charge is 0.310 e. The van der Waals surface area contributed by atoms with Gasteiger partial charge in [0.1, 0.15) is 17.3 Å². The van der Waals surface area contributed by atoms with Crippen LogP contribution in [-0.2, 0) is 0 Å². The van der Waals surface area contributed by atoms with Gasteiger partial charge in [-0.3, -0.25) is 4.79 Å². The van der Waals surface area contributed by atoms with E-state index in [4.69, 9.17) is 13.9 Å². The van der Waals surface area contributed by atoms with Gasteiger partial charge >= 0.3 is 5.91 Å². The fourth-order valence-electron chi connectivity index (χ4n) is 3.43. The summed E-state index contributed by atoms with van der Waals surface area (Å²) in [6.45, 7) is 0. The van der Waals surface area contributed by atoms with Gasteiger partial charge in [0.2, 0.25) is 0 Å². The quantitative estimate of drug-likeness (QED) is 0.512. The summed E-state index contributed by atoms with van der Waals surface area (Å²) < 4.78 is 31.2. The van der Waals surface area contributed by atoms with Gasteiger partial charge in [-0.05, 0) is 46.3 Å². The number of hydrogen-bond acceptors (Lipinski definition) is 5. The summed E-state index contributed by atoms with van der Waals surface area (Å²) in [5.41, 5.74) is 1.68. The molecule has 0 saturated heterocycles. The number of carbonyl (C=O) groups excluding carboxylic acids is 1. The number of hydrazone groups is 1. The molecule has 0 bridgehead atoms. The zero-order chi connectivity index (χ0) is 21.3. The molecule has 1 aliphatic rings. The van der Waals surface area contributed by atoms with Crippen molar-refractivity contribution >= 4 is 27.5 Å². The topological polar surface area (TPSA) is 64.3 Å². The Morgan fingerprint density at radius 1 is 1.17 bits per heavy atom. The van der Waals surface area contributed by atoms with Crippen molar-refractivity contribution in [2.75, 3.05) is 14.2 Å². The average Bonchev–Trinajstić information content (AvgIpc) is 3.40. The summed E-state index contributed by atoms with van der Waals surface area (Å²) in [4.78, 5) is 13.1. The zero-order valence-electron chi connectivity index (χ0n) is 16.3. The Bertz CT molecular complexity index is 1130. The number of hydrogen-bond donors (Lipinski definition) is 0. The van der Waals surface area contributed by atoms with Gasteiger partial charge in [0.15, 0.2) is 10.4 Å².